The first-order valence-electron chi connectivity index (χ1n) is 9.85. The van der Waals surface area contributed by atoms with Crippen molar-refractivity contribution in [1.29, 1.82) is 0 Å². The predicted molar refractivity (Wildman–Crippen MR) is 109 cm³/mol. The zero-order chi connectivity index (χ0) is 19.1. The molecule has 2 aromatic carbocycles. The molecule has 0 bridgehead atoms. The average molecular weight is 367 g/mol. The maximum absolute atomic E-state index is 12.7. The van der Waals surface area contributed by atoms with Gasteiger partial charge in [0.05, 0.1) is 0 Å². The molecule has 0 unspecified atom stereocenters. The SMILES string of the molecule is CC(C)CN1CCN(C(=O)COC(c2ccccc2)c2ccccc2)CC1. The third-order valence-electron chi connectivity index (χ3n) is 4.93. The van der Waals surface area contributed by atoms with Crippen LogP contribution < -0.4 is 0 Å². The highest BCUT2D eigenvalue weighted by Crippen LogP contribution is 2.25. The number of benzene rings is 2. The smallest absolute Gasteiger partial charge is 0.248 e. The molecule has 27 heavy (non-hydrogen) atoms. The van der Waals surface area contributed by atoms with E-state index in [9.17, 15) is 4.79 Å². The van der Waals surface area contributed by atoms with Gasteiger partial charge in [-0.05, 0) is 17.0 Å². The lowest BCUT2D eigenvalue weighted by Gasteiger charge is -2.35. The van der Waals surface area contributed by atoms with Gasteiger partial charge < -0.3 is 9.64 Å². The van der Waals surface area contributed by atoms with E-state index < -0.39 is 0 Å². The molecule has 2 aromatic rings. The van der Waals surface area contributed by atoms with E-state index in [0.717, 1.165) is 43.9 Å². The fraction of sp³-hybridized carbons (Fsp3) is 0.435. The summed E-state index contributed by atoms with van der Waals surface area (Å²) in [5, 5.41) is 0. The van der Waals surface area contributed by atoms with E-state index in [1.165, 1.54) is 0 Å². The number of rotatable bonds is 7. The summed E-state index contributed by atoms with van der Waals surface area (Å²) in [5.74, 6) is 0.740. The van der Waals surface area contributed by atoms with Crippen LogP contribution >= 0.6 is 0 Å². The molecular weight excluding hydrogens is 336 g/mol. The largest absolute Gasteiger partial charge is 0.359 e. The van der Waals surface area contributed by atoms with Gasteiger partial charge in [0.15, 0.2) is 0 Å². The maximum atomic E-state index is 12.7. The molecule has 0 atom stereocenters. The number of nitrogens with zero attached hydrogens (tertiary/aromatic N) is 2. The van der Waals surface area contributed by atoms with Crippen LogP contribution in [0.3, 0.4) is 0 Å². The molecule has 0 spiro atoms. The molecule has 144 valence electrons. The molecule has 1 aliphatic heterocycles. The molecule has 3 rings (SSSR count). The van der Waals surface area contributed by atoms with Crippen molar-refractivity contribution in [2.45, 2.75) is 20.0 Å². The fourth-order valence-corrected chi connectivity index (χ4v) is 3.58. The van der Waals surface area contributed by atoms with Crippen molar-refractivity contribution in [3.8, 4) is 0 Å². The van der Waals surface area contributed by atoms with E-state index in [1.54, 1.807) is 0 Å². The zero-order valence-electron chi connectivity index (χ0n) is 16.4. The van der Waals surface area contributed by atoms with Crippen molar-refractivity contribution in [2.24, 2.45) is 5.92 Å². The second-order valence-electron chi connectivity index (χ2n) is 7.59. The van der Waals surface area contributed by atoms with Gasteiger partial charge in [-0.2, -0.15) is 0 Å². The van der Waals surface area contributed by atoms with Crippen LogP contribution in [0.4, 0.5) is 0 Å². The molecule has 0 N–H and O–H groups in total. The number of hydrogen-bond donors (Lipinski definition) is 0. The molecule has 0 aromatic heterocycles. The number of ether oxygens (including phenoxy) is 1. The first kappa shape index (κ1) is 19.6. The molecule has 1 amide bonds. The van der Waals surface area contributed by atoms with Gasteiger partial charge in [0.1, 0.15) is 12.7 Å². The fourth-order valence-electron chi connectivity index (χ4n) is 3.58. The van der Waals surface area contributed by atoms with Gasteiger partial charge in [-0.25, -0.2) is 0 Å². The van der Waals surface area contributed by atoms with Crippen LogP contribution in [0.1, 0.15) is 31.1 Å². The van der Waals surface area contributed by atoms with Gasteiger partial charge in [0.25, 0.3) is 0 Å². The first-order chi connectivity index (χ1) is 13.1. The molecule has 1 heterocycles. The second kappa shape index (κ2) is 9.67. The van der Waals surface area contributed by atoms with Crippen LogP contribution in [-0.4, -0.2) is 55.0 Å². The molecular formula is C23H30N2O2. The molecule has 0 saturated carbocycles. The summed E-state index contributed by atoms with van der Waals surface area (Å²) in [6, 6.07) is 20.2. The number of carbonyl (C=O) groups excluding carboxylic acids is 1. The van der Waals surface area contributed by atoms with Gasteiger partial charge in [0, 0.05) is 32.7 Å². The van der Waals surface area contributed by atoms with Gasteiger partial charge in [-0.3, -0.25) is 9.69 Å². The van der Waals surface area contributed by atoms with Gasteiger partial charge in [-0.1, -0.05) is 74.5 Å². The lowest BCUT2D eigenvalue weighted by molar-refractivity contribution is -0.139. The quantitative estimate of drug-likeness (QED) is 0.751. The monoisotopic (exact) mass is 366 g/mol. The molecule has 0 radical (unpaired) electrons. The third kappa shape index (κ3) is 5.65. The molecule has 4 heteroatoms. The highest BCUT2D eigenvalue weighted by atomic mass is 16.5. The van der Waals surface area contributed by atoms with E-state index in [1.807, 2.05) is 65.6 Å². The van der Waals surface area contributed by atoms with Gasteiger partial charge in [0.2, 0.25) is 5.91 Å². The summed E-state index contributed by atoms with van der Waals surface area (Å²) in [7, 11) is 0. The van der Waals surface area contributed by atoms with Crippen molar-refractivity contribution < 1.29 is 9.53 Å². The van der Waals surface area contributed by atoms with Crippen molar-refractivity contribution in [2.75, 3.05) is 39.3 Å². The van der Waals surface area contributed by atoms with Crippen LogP contribution in [0, 0.1) is 5.92 Å². The van der Waals surface area contributed by atoms with Crippen molar-refractivity contribution >= 4 is 5.91 Å². The van der Waals surface area contributed by atoms with E-state index in [2.05, 4.69) is 18.7 Å². The van der Waals surface area contributed by atoms with E-state index in [0.29, 0.717) is 5.92 Å². The Morgan fingerprint density at radius 1 is 0.889 bits per heavy atom. The Morgan fingerprint density at radius 3 is 1.89 bits per heavy atom. The lowest BCUT2D eigenvalue weighted by Crippen LogP contribution is -2.50. The minimum atomic E-state index is -0.224. The summed E-state index contributed by atoms with van der Waals surface area (Å²) >= 11 is 0. The second-order valence-corrected chi connectivity index (χ2v) is 7.59. The number of piperazine rings is 1. The van der Waals surface area contributed by atoms with E-state index in [4.69, 9.17) is 4.74 Å². The molecule has 0 aliphatic carbocycles. The zero-order valence-corrected chi connectivity index (χ0v) is 16.4. The summed E-state index contributed by atoms with van der Waals surface area (Å²) in [4.78, 5) is 17.0. The Hall–Kier alpha value is -2.17. The molecule has 4 nitrogen and oxygen atoms in total. The summed E-state index contributed by atoms with van der Waals surface area (Å²) in [6.07, 6.45) is -0.224. The number of carbonyl (C=O) groups is 1. The Kier molecular flexibility index (Phi) is 7.02. The first-order valence-corrected chi connectivity index (χ1v) is 9.85. The van der Waals surface area contributed by atoms with E-state index >= 15 is 0 Å². The Morgan fingerprint density at radius 2 is 1.41 bits per heavy atom. The highest BCUT2D eigenvalue weighted by molar-refractivity contribution is 5.77. The lowest BCUT2D eigenvalue weighted by atomic mass is 10.0. The topological polar surface area (TPSA) is 32.8 Å². The summed E-state index contributed by atoms with van der Waals surface area (Å²) in [5.41, 5.74) is 2.14. The number of amides is 1. The van der Waals surface area contributed by atoms with Crippen LogP contribution in [0.5, 0.6) is 0 Å². The summed E-state index contributed by atoms with van der Waals surface area (Å²) < 4.78 is 6.12. The molecule has 1 aliphatic rings. The molecule has 1 saturated heterocycles. The Balaban J connectivity index is 1.58. The third-order valence-corrected chi connectivity index (χ3v) is 4.93. The summed E-state index contributed by atoms with van der Waals surface area (Å²) in [6.45, 7) is 9.15. The van der Waals surface area contributed by atoms with Gasteiger partial charge in [-0.15, -0.1) is 0 Å². The predicted octanol–water partition coefficient (Wildman–Crippen LogP) is 3.59. The van der Waals surface area contributed by atoms with E-state index in [-0.39, 0.29) is 18.6 Å². The normalized spacial score (nSPS) is 15.5. The van der Waals surface area contributed by atoms with Crippen molar-refractivity contribution in [3.63, 3.8) is 0 Å². The minimum absolute atomic E-state index is 0.0797. The van der Waals surface area contributed by atoms with Crippen LogP contribution in [-0.2, 0) is 9.53 Å². The Bertz CT molecular complexity index is 655. The highest BCUT2D eigenvalue weighted by Gasteiger charge is 2.23. The van der Waals surface area contributed by atoms with Crippen LogP contribution in [0.25, 0.3) is 0 Å². The van der Waals surface area contributed by atoms with Crippen LogP contribution in [0.2, 0.25) is 0 Å². The van der Waals surface area contributed by atoms with Crippen LogP contribution in [0.15, 0.2) is 60.7 Å². The number of hydrogen-bond acceptors (Lipinski definition) is 3. The molecule has 1 fully saturated rings. The maximum Gasteiger partial charge on any atom is 0.248 e. The minimum Gasteiger partial charge on any atom is -0.359 e. The standard InChI is InChI=1S/C23H30N2O2/c1-19(2)17-24-13-15-25(16-14-24)22(26)18-27-23(20-9-5-3-6-10-20)21-11-7-4-8-12-21/h3-12,19,23H,13-18H2,1-2H3. The Labute approximate surface area is 162 Å². The van der Waals surface area contributed by atoms with Crippen molar-refractivity contribution in [1.82, 2.24) is 9.80 Å². The van der Waals surface area contributed by atoms with Gasteiger partial charge >= 0.3 is 0 Å². The van der Waals surface area contributed by atoms with Crippen molar-refractivity contribution in [3.05, 3.63) is 71.8 Å². The average Bonchev–Trinajstić information content (AvgIpc) is 2.70.